The number of nitrogens with zero attached hydrogens (tertiary/aromatic N) is 3. The Balaban J connectivity index is 1.63. The molecule has 1 unspecified atom stereocenters. The molecule has 0 amide bonds. The van der Waals surface area contributed by atoms with Crippen molar-refractivity contribution in [3.05, 3.63) is 24.0 Å². The molecule has 128 valence electrons. The Hall–Kier alpha value is -2.12. The lowest BCUT2D eigenvalue weighted by atomic mass is 10.1. The Morgan fingerprint density at radius 1 is 1.17 bits per heavy atom. The van der Waals surface area contributed by atoms with Gasteiger partial charge >= 0.3 is 0 Å². The van der Waals surface area contributed by atoms with E-state index in [2.05, 4.69) is 15.0 Å². The van der Waals surface area contributed by atoms with Gasteiger partial charge in [-0.15, -0.1) is 0 Å². The lowest BCUT2D eigenvalue weighted by Crippen LogP contribution is -2.36. The largest absolute Gasteiger partial charge is 0.495 e. The first-order valence-corrected chi connectivity index (χ1v) is 8.27. The molecule has 0 saturated carbocycles. The quantitative estimate of drug-likeness (QED) is 0.849. The number of morpholine rings is 1. The molecule has 0 aliphatic carbocycles. The van der Waals surface area contributed by atoms with Crippen LogP contribution in [-0.2, 0) is 9.47 Å². The van der Waals surface area contributed by atoms with E-state index in [9.17, 15) is 0 Å². The van der Waals surface area contributed by atoms with Gasteiger partial charge in [0.1, 0.15) is 5.75 Å². The molecule has 2 fully saturated rings. The predicted octanol–water partition coefficient (Wildman–Crippen LogP) is 2.09. The van der Waals surface area contributed by atoms with Crippen LogP contribution in [0.4, 0.5) is 5.69 Å². The van der Waals surface area contributed by atoms with Crippen LogP contribution in [0.15, 0.2) is 22.7 Å². The summed E-state index contributed by atoms with van der Waals surface area (Å²) in [6, 6.07) is 5.94. The average molecular weight is 331 g/mol. The summed E-state index contributed by atoms with van der Waals surface area (Å²) in [5.74, 6) is 2.34. The van der Waals surface area contributed by atoms with Gasteiger partial charge in [0, 0.05) is 31.2 Å². The smallest absolute Gasteiger partial charge is 0.258 e. The summed E-state index contributed by atoms with van der Waals surface area (Å²) in [6.07, 6.45) is 0.945. The number of rotatable bonds is 4. The summed E-state index contributed by atoms with van der Waals surface area (Å²) < 4.78 is 21.8. The minimum absolute atomic E-state index is 0.236. The van der Waals surface area contributed by atoms with Gasteiger partial charge in [-0.2, -0.15) is 4.98 Å². The normalized spacial score (nSPS) is 21.2. The second kappa shape index (κ2) is 6.78. The molecule has 1 aromatic heterocycles. The molecule has 0 bridgehead atoms. The molecular formula is C17H21N3O4. The zero-order valence-electron chi connectivity index (χ0n) is 13.7. The molecule has 1 aromatic carbocycles. The number of hydrogen-bond donors (Lipinski definition) is 0. The molecule has 2 aliphatic heterocycles. The standard InChI is InChI=1S/C17H21N3O4/c1-21-15-3-2-12(10-14(15)20-5-8-22-9-6-20)17-18-16(19-24-17)13-4-7-23-11-13/h2-3,10,13H,4-9,11H2,1H3. The molecule has 3 heterocycles. The Kier molecular flexibility index (Phi) is 4.36. The summed E-state index contributed by atoms with van der Waals surface area (Å²) in [5.41, 5.74) is 1.93. The molecular weight excluding hydrogens is 310 g/mol. The van der Waals surface area contributed by atoms with Crippen molar-refractivity contribution in [3.8, 4) is 17.2 Å². The molecule has 1 atom stereocenters. The molecule has 0 radical (unpaired) electrons. The van der Waals surface area contributed by atoms with E-state index in [0.29, 0.717) is 12.5 Å². The highest BCUT2D eigenvalue weighted by Gasteiger charge is 2.24. The van der Waals surface area contributed by atoms with E-state index in [4.69, 9.17) is 18.7 Å². The summed E-state index contributed by atoms with van der Waals surface area (Å²) in [5, 5.41) is 4.13. The molecule has 7 heteroatoms. The summed E-state index contributed by atoms with van der Waals surface area (Å²) in [6.45, 7) is 4.56. The molecule has 2 aromatic rings. The fourth-order valence-electron chi connectivity index (χ4n) is 3.13. The highest BCUT2D eigenvalue weighted by Crippen LogP contribution is 2.34. The first-order valence-electron chi connectivity index (χ1n) is 8.27. The molecule has 2 aliphatic rings. The van der Waals surface area contributed by atoms with Crippen molar-refractivity contribution in [1.29, 1.82) is 0 Å². The van der Waals surface area contributed by atoms with Crippen molar-refractivity contribution < 1.29 is 18.7 Å². The van der Waals surface area contributed by atoms with Crippen LogP contribution in [0.2, 0.25) is 0 Å². The number of hydrogen-bond acceptors (Lipinski definition) is 7. The summed E-state index contributed by atoms with van der Waals surface area (Å²) in [4.78, 5) is 6.82. The fraction of sp³-hybridized carbons (Fsp3) is 0.529. The third-order valence-electron chi connectivity index (χ3n) is 4.51. The third-order valence-corrected chi connectivity index (χ3v) is 4.51. The minimum Gasteiger partial charge on any atom is -0.495 e. The number of ether oxygens (including phenoxy) is 3. The Bertz CT molecular complexity index is 691. The predicted molar refractivity (Wildman–Crippen MR) is 87.5 cm³/mol. The molecule has 2 saturated heterocycles. The van der Waals surface area contributed by atoms with Crippen LogP contribution >= 0.6 is 0 Å². The SMILES string of the molecule is COc1ccc(-c2nc(C3CCOC3)no2)cc1N1CCOCC1. The van der Waals surface area contributed by atoms with Gasteiger partial charge in [0.2, 0.25) is 0 Å². The van der Waals surface area contributed by atoms with E-state index in [0.717, 1.165) is 62.2 Å². The van der Waals surface area contributed by atoms with Crippen LogP contribution in [0.25, 0.3) is 11.5 Å². The number of anilines is 1. The molecule has 24 heavy (non-hydrogen) atoms. The fourth-order valence-corrected chi connectivity index (χ4v) is 3.13. The van der Waals surface area contributed by atoms with Gasteiger partial charge in [0.15, 0.2) is 5.82 Å². The van der Waals surface area contributed by atoms with Crippen molar-refractivity contribution in [2.24, 2.45) is 0 Å². The number of benzene rings is 1. The lowest BCUT2D eigenvalue weighted by Gasteiger charge is -2.30. The number of methoxy groups -OCH3 is 1. The van der Waals surface area contributed by atoms with Crippen LogP contribution in [0.5, 0.6) is 5.75 Å². The Labute approximate surface area is 140 Å². The van der Waals surface area contributed by atoms with Crippen LogP contribution in [0.1, 0.15) is 18.2 Å². The van der Waals surface area contributed by atoms with E-state index >= 15 is 0 Å². The monoisotopic (exact) mass is 331 g/mol. The van der Waals surface area contributed by atoms with Crippen LogP contribution < -0.4 is 9.64 Å². The van der Waals surface area contributed by atoms with Crippen molar-refractivity contribution in [3.63, 3.8) is 0 Å². The molecule has 0 spiro atoms. The maximum Gasteiger partial charge on any atom is 0.258 e. The maximum absolute atomic E-state index is 5.51. The van der Waals surface area contributed by atoms with Gasteiger partial charge in [-0.25, -0.2) is 0 Å². The number of aromatic nitrogens is 2. The second-order valence-corrected chi connectivity index (χ2v) is 6.00. The van der Waals surface area contributed by atoms with Gasteiger partial charge < -0.3 is 23.6 Å². The second-order valence-electron chi connectivity index (χ2n) is 6.00. The molecule has 0 N–H and O–H groups in total. The van der Waals surface area contributed by atoms with E-state index in [1.807, 2.05) is 18.2 Å². The lowest BCUT2D eigenvalue weighted by molar-refractivity contribution is 0.122. The van der Waals surface area contributed by atoms with E-state index in [1.165, 1.54) is 0 Å². The van der Waals surface area contributed by atoms with Gasteiger partial charge in [0.05, 0.1) is 32.6 Å². The van der Waals surface area contributed by atoms with Gasteiger partial charge in [-0.1, -0.05) is 5.16 Å². The van der Waals surface area contributed by atoms with Gasteiger partial charge in [0.25, 0.3) is 5.89 Å². The van der Waals surface area contributed by atoms with Crippen LogP contribution in [0.3, 0.4) is 0 Å². The van der Waals surface area contributed by atoms with E-state index in [1.54, 1.807) is 7.11 Å². The van der Waals surface area contributed by atoms with Gasteiger partial charge in [-0.3, -0.25) is 0 Å². The topological polar surface area (TPSA) is 69.9 Å². The van der Waals surface area contributed by atoms with Gasteiger partial charge in [-0.05, 0) is 24.6 Å². The van der Waals surface area contributed by atoms with E-state index in [-0.39, 0.29) is 5.92 Å². The van der Waals surface area contributed by atoms with Crippen molar-refractivity contribution in [2.75, 3.05) is 51.5 Å². The molecule has 7 nitrogen and oxygen atoms in total. The van der Waals surface area contributed by atoms with Crippen molar-refractivity contribution >= 4 is 5.69 Å². The van der Waals surface area contributed by atoms with E-state index < -0.39 is 0 Å². The summed E-state index contributed by atoms with van der Waals surface area (Å²) >= 11 is 0. The van der Waals surface area contributed by atoms with Crippen LogP contribution in [-0.4, -0.2) is 56.8 Å². The first kappa shape index (κ1) is 15.4. The first-order chi connectivity index (χ1) is 11.8. The highest BCUT2D eigenvalue weighted by atomic mass is 16.5. The van der Waals surface area contributed by atoms with Crippen LogP contribution in [0, 0.1) is 0 Å². The van der Waals surface area contributed by atoms with Crippen molar-refractivity contribution in [2.45, 2.75) is 12.3 Å². The molecule has 4 rings (SSSR count). The zero-order chi connectivity index (χ0) is 16.4. The summed E-state index contributed by atoms with van der Waals surface area (Å²) in [7, 11) is 1.68. The van der Waals surface area contributed by atoms with Crippen molar-refractivity contribution in [1.82, 2.24) is 10.1 Å². The Morgan fingerprint density at radius 3 is 2.79 bits per heavy atom. The minimum atomic E-state index is 0.236. The third kappa shape index (κ3) is 2.97. The maximum atomic E-state index is 5.51. The zero-order valence-corrected chi connectivity index (χ0v) is 13.7. The Morgan fingerprint density at radius 2 is 2.04 bits per heavy atom. The highest BCUT2D eigenvalue weighted by molar-refractivity contribution is 5.68. The average Bonchev–Trinajstić information content (AvgIpc) is 3.33.